The lowest BCUT2D eigenvalue weighted by atomic mass is 10.1. The van der Waals surface area contributed by atoms with Gasteiger partial charge in [0.15, 0.2) is 0 Å². The van der Waals surface area contributed by atoms with Crippen LogP contribution in [0.4, 0.5) is 0 Å². The van der Waals surface area contributed by atoms with Crippen LogP contribution >= 0.6 is 11.3 Å². The van der Waals surface area contributed by atoms with Crippen molar-refractivity contribution < 1.29 is 15.0 Å². The standard InChI is InChI=1S/C9H14N2O3S/c1-9(2,5-12)10-3-6-4-15-7(11-6)8(13)14/h4,10,12H,3,5H2,1-2H3,(H,13,14). The van der Waals surface area contributed by atoms with Crippen molar-refractivity contribution in [3.63, 3.8) is 0 Å². The summed E-state index contributed by atoms with van der Waals surface area (Å²) in [4.78, 5) is 14.5. The molecule has 1 heterocycles. The Morgan fingerprint density at radius 3 is 2.80 bits per heavy atom. The Labute approximate surface area is 91.8 Å². The van der Waals surface area contributed by atoms with E-state index in [1.165, 1.54) is 0 Å². The highest BCUT2D eigenvalue weighted by molar-refractivity contribution is 7.11. The lowest BCUT2D eigenvalue weighted by molar-refractivity contribution is 0.0696. The third-order valence-electron chi connectivity index (χ3n) is 1.88. The Morgan fingerprint density at radius 2 is 2.33 bits per heavy atom. The maximum atomic E-state index is 10.6. The van der Waals surface area contributed by atoms with E-state index in [-0.39, 0.29) is 17.2 Å². The van der Waals surface area contributed by atoms with E-state index in [4.69, 9.17) is 10.2 Å². The molecule has 84 valence electrons. The van der Waals surface area contributed by atoms with Crippen LogP contribution in [-0.2, 0) is 6.54 Å². The molecule has 1 aromatic rings. The molecular formula is C9H14N2O3S. The number of hydrogen-bond acceptors (Lipinski definition) is 5. The molecule has 0 unspecified atom stereocenters. The summed E-state index contributed by atoms with van der Waals surface area (Å²) < 4.78 is 0. The van der Waals surface area contributed by atoms with Gasteiger partial charge in [0.1, 0.15) is 0 Å². The first-order valence-corrected chi connectivity index (χ1v) is 5.36. The quantitative estimate of drug-likeness (QED) is 0.693. The van der Waals surface area contributed by atoms with Gasteiger partial charge in [0, 0.05) is 17.5 Å². The van der Waals surface area contributed by atoms with Gasteiger partial charge in [-0.15, -0.1) is 11.3 Å². The Hall–Kier alpha value is -0.980. The average Bonchev–Trinajstić information content (AvgIpc) is 2.63. The minimum Gasteiger partial charge on any atom is -0.476 e. The first kappa shape index (κ1) is 12.1. The van der Waals surface area contributed by atoms with E-state index in [0.29, 0.717) is 12.2 Å². The third kappa shape index (κ3) is 3.58. The van der Waals surface area contributed by atoms with Crippen LogP contribution in [0.2, 0.25) is 0 Å². The van der Waals surface area contributed by atoms with Crippen LogP contribution in [-0.4, -0.2) is 33.3 Å². The molecule has 0 radical (unpaired) electrons. The van der Waals surface area contributed by atoms with Crippen molar-refractivity contribution in [1.82, 2.24) is 10.3 Å². The molecule has 0 atom stereocenters. The topological polar surface area (TPSA) is 82.5 Å². The van der Waals surface area contributed by atoms with Crippen LogP contribution in [0.25, 0.3) is 0 Å². The summed E-state index contributed by atoms with van der Waals surface area (Å²) in [5.74, 6) is -1.01. The molecule has 5 nitrogen and oxygen atoms in total. The van der Waals surface area contributed by atoms with Crippen LogP contribution in [0.1, 0.15) is 29.3 Å². The van der Waals surface area contributed by atoms with Gasteiger partial charge >= 0.3 is 5.97 Å². The highest BCUT2D eigenvalue weighted by Crippen LogP contribution is 2.10. The summed E-state index contributed by atoms with van der Waals surface area (Å²) in [6.45, 7) is 4.19. The molecule has 0 aromatic carbocycles. The fourth-order valence-corrected chi connectivity index (χ4v) is 1.53. The molecule has 0 saturated carbocycles. The molecule has 1 aromatic heterocycles. The second kappa shape index (κ2) is 4.69. The molecule has 0 amide bonds. The highest BCUT2D eigenvalue weighted by Gasteiger charge is 2.16. The number of hydrogen-bond donors (Lipinski definition) is 3. The number of aromatic nitrogens is 1. The number of carboxylic acids is 1. The predicted octanol–water partition coefficient (Wildman–Crippen LogP) is 0.702. The maximum Gasteiger partial charge on any atom is 0.365 e. The van der Waals surface area contributed by atoms with E-state index in [0.717, 1.165) is 11.3 Å². The van der Waals surface area contributed by atoms with Crippen LogP contribution in [0.3, 0.4) is 0 Å². The summed E-state index contributed by atoms with van der Waals surface area (Å²) in [5, 5.41) is 22.5. The molecule has 0 fully saturated rings. The van der Waals surface area contributed by atoms with E-state index in [9.17, 15) is 4.79 Å². The van der Waals surface area contributed by atoms with Crippen LogP contribution in [0, 0.1) is 0 Å². The van der Waals surface area contributed by atoms with Crippen molar-refractivity contribution in [3.05, 3.63) is 16.1 Å². The fourth-order valence-electron chi connectivity index (χ4n) is 0.872. The van der Waals surface area contributed by atoms with Gasteiger partial charge in [0.25, 0.3) is 0 Å². The van der Waals surface area contributed by atoms with E-state index in [1.54, 1.807) is 5.38 Å². The number of aliphatic hydroxyl groups excluding tert-OH is 1. The van der Waals surface area contributed by atoms with E-state index in [1.807, 2.05) is 13.8 Å². The van der Waals surface area contributed by atoms with Crippen molar-refractivity contribution in [2.45, 2.75) is 25.9 Å². The lowest BCUT2D eigenvalue weighted by Crippen LogP contribution is -2.42. The van der Waals surface area contributed by atoms with Crippen LogP contribution < -0.4 is 5.32 Å². The van der Waals surface area contributed by atoms with Crippen molar-refractivity contribution in [2.24, 2.45) is 0 Å². The first-order valence-electron chi connectivity index (χ1n) is 4.48. The Kier molecular flexibility index (Phi) is 3.78. The van der Waals surface area contributed by atoms with Gasteiger partial charge in [0.05, 0.1) is 12.3 Å². The number of aromatic carboxylic acids is 1. The highest BCUT2D eigenvalue weighted by atomic mass is 32.1. The molecule has 0 bridgehead atoms. The van der Waals surface area contributed by atoms with E-state index < -0.39 is 5.97 Å². The van der Waals surface area contributed by atoms with E-state index >= 15 is 0 Å². The number of nitrogens with one attached hydrogen (secondary N) is 1. The molecule has 0 aliphatic carbocycles. The molecule has 15 heavy (non-hydrogen) atoms. The number of nitrogens with zero attached hydrogens (tertiary/aromatic N) is 1. The maximum absolute atomic E-state index is 10.6. The summed E-state index contributed by atoms with van der Waals surface area (Å²) in [6, 6.07) is 0. The molecule has 1 rings (SSSR count). The number of rotatable bonds is 5. The Balaban J connectivity index is 2.55. The smallest absolute Gasteiger partial charge is 0.365 e. The second-order valence-electron chi connectivity index (χ2n) is 3.84. The summed E-state index contributed by atoms with van der Waals surface area (Å²) in [5.41, 5.74) is 0.298. The van der Waals surface area contributed by atoms with Crippen molar-refractivity contribution in [1.29, 1.82) is 0 Å². The Morgan fingerprint density at radius 1 is 1.67 bits per heavy atom. The number of carboxylic acid groups (broad SMARTS) is 1. The second-order valence-corrected chi connectivity index (χ2v) is 4.70. The van der Waals surface area contributed by atoms with Gasteiger partial charge < -0.3 is 15.5 Å². The van der Waals surface area contributed by atoms with Gasteiger partial charge in [-0.1, -0.05) is 0 Å². The monoisotopic (exact) mass is 230 g/mol. The number of thiazole rings is 1. The van der Waals surface area contributed by atoms with Crippen LogP contribution in [0.5, 0.6) is 0 Å². The zero-order valence-corrected chi connectivity index (χ0v) is 9.47. The molecule has 0 aliphatic rings. The zero-order chi connectivity index (χ0) is 11.5. The molecule has 0 aliphatic heterocycles. The average molecular weight is 230 g/mol. The normalized spacial score (nSPS) is 11.7. The molecular weight excluding hydrogens is 216 g/mol. The van der Waals surface area contributed by atoms with Gasteiger partial charge in [-0.2, -0.15) is 0 Å². The molecule has 6 heteroatoms. The number of aliphatic hydroxyl groups is 1. The predicted molar refractivity (Wildman–Crippen MR) is 57.1 cm³/mol. The van der Waals surface area contributed by atoms with Crippen molar-refractivity contribution in [3.8, 4) is 0 Å². The van der Waals surface area contributed by atoms with Gasteiger partial charge in [-0.3, -0.25) is 0 Å². The minimum absolute atomic E-state index is 0.0168. The van der Waals surface area contributed by atoms with Crippen molar-refractivity contribution in [2.75, 3.05) is 6.61 Å². The summed E-state index contributed by atoms with van der Waals surface area (Å²) in [6.07, 6.45) is 0. The number of carbonyl (C=O) groups is 1. The fraction of sp³-hybridized carbons (Fsp3) is 0.556. The lowest BCUT2D eigenvalue weighted by Gasteiger charge is -2.22. The largest absolute Gasteiger partial charge is 0.476 e. The molecule has 0 spiro atoms. The Bertz CT molecular complexity index is 349. The first-order chi connectivity index (χ1) is 6.94. The molecule has 0 saturated heterocycles. The summed E-state index contributed by atoms with van der Waals surface area (Å²) in [7, 11) is 0. The van der Waals surface area contributed by atoms with Crippen molar-refractivity contribution >= 4 is 17.3 Å². The van der Waals surface area contributed by atoms with Gasteiger partial charge in [0.2, 0.25) is 5.01 Å². The zero-order valence-electron chi connectivity index (χ0n) is 8.65. The van der Waals surface area contributed by atoms with Crippen LogP contribution in [0.15, 0.2) is 5.38 Å². The van der Waals surface area contributed by atoms with Gasteiger partial charge in [-0.25, -0.2) is 9.78 Å². The SMILES string of the molecule is CC(C)(CO)NCc1csc(C(=O)O)n1. The van der Waals surface area contributed by atoms with Gasteiger partial charge in [-0.05, 0) is 13.8 Å². The minimum atomic E-state index is -1.01. The van der Waals surface area contributed by atoms with E-state index in [2.05, 4.69) is 10.3 Å². The third-order valence-corrected chi connectivity index (χ3v) is 2.76. The molecule has 3 N–H and O–H groups in total. The summed E-state index contributed by atoms with van der Waals surface area (Å²) >= 11 is 1.10.